The zero-order valence-corrected chi connectivity index (χ0v) is 15.6. The van der Waals surface area contributed by atoms with Crippen LogP contribution in [0.25, 0.3) is 6.08 Å². The van der Waals surface area contributed by atoms with E-state index < -0.39 is 11.7 Å². The van der Waals surface area contributed by atoms with E-state index in [0.717, 1.165) is 29.6 Å². The lowest BCUT2D eigenvalue weighted by Crippen LogP contribution is -2.32. The standard InChI is InChI=1S/C21H22FN3O2/c1-4-20-23-19-11-18(22)15(5-6-21(26)24-27)10-16(19)12-25(20)17-8-13(2)7-14(3)9-17/h5-11,27H,4,12H2,1-3H3,(H,24,26)/b6-5+. The van der Waals surface area contributed by atoms with Crippen LogP contribution in [0, 0.1) is 19.7 Å². The molecule has 1 aliphatic rings. The molecule has 140 valence electrons. The van der Waals surface area contributed by atoms with Crippen molar-refractivity contribution in [1.29, 1.82) is 0 Å². The SMILES string of the molecule is CCC1=Nc2cc(F)c(/C=C/C(=O)NO)cc2CN1c1cc(C)cc(C)c1. The average molecular weight is 367 g/mol. The summed E-state index contributed by atoms with van der Waals surface area (Å²) < 4.78 is 14.4. The number of anilines is 1. The average Bonchev–Trinajstić information content (AvgIpc) is 2.64. The number of benzene rings is 2. The van der Waals surface area contributed by atoms with Gasteiger partial charge in [-0.3, -0.25) is 10.0 Å². The number of aryl methyl sites for hydroxylation is 2. The molecule has 0 bridgehead atoms. The predicted molar refractivity (Wildman–Crippen MR) is 105 cm³/mol. The quantitative estimate of drug-likeness (QED) is 0.478. The van der Waals surface area contributed by atoms with Crippen LogP contribution in [0.4, 0.5) is 15.8 Å². The Bertz CT molecular complexity index is 930. The molecule has 27 heavy (non-hydrogen) atoms. The minimum absolute atomic E-state index is 0.271. The molecule has 0 aromatic heterocycles. The van der Waals surface area contributed by atoms with Crippen LogP contribution in [0.2, 0.25) is 0 Å². The molecule has 1 aliphatic heterocycles. The molecule has 2 aromatic carbocycles. The Morgan fingerprint density at radius 1 is 1.26 bits per heavy atom. The molecule has 0 aliphatic carbocycles. The van der Waals surface area contributed by atoms with Gasteiger partial charge in [0.15, 0.2) is 0 Å². The predicted octanol–water partition coefficient (Wildman–Crippen LogP) is 4.42. The van der Waals surface area contributed by atoms with Gasteiger partial charge in [-0.15, -0.1) is 0 Å². The number of carbonyl (C=O) groups is 1. The first-order valence-electron chi connectivity index (χ1n) is 8.79. The van der Waals surface area contributed by atoms with E-state index in [0.29, 0.717) is 12.2 Å². The van der Waals surface area contributed by atoms with Gasteiger partial charge in [-0.2, -0.15) is 0 Å². The maximum atomic E-state index is 14.4. The fraction of sp³-hybridized carbons (Fsp3) is 0.238. The third-order valence-corrected chi connectivity index (χ3v) is 4.45. The number of rotatable bonds is 4. The summed E-state index contributed by atoms with van der Waals surface area (Å²) in [6, 6.07) is 9.42. The van der Waals surface area contributed by atoms with Crippen molar-refractivity contribution in [2.45, 2.75) is 33.7 Å². The van der Waals surface area contributed by atoms with Crippen molar-refractivity contribution in [3.05, 3.63) is 64.5 Å². The largest absolute Gasteiger partial charge is 0.325 e. The van der Waals surface area contributed by atoms with Crippen LogP contribution < -0.4 is 10.4 Å². The monoisotopic (exact) mass is 367 g/mol. The second kappa shape index (κ2) is 7.72. The van der Waals surface area contributed by atoms with Crippen molar-refractivity contribution in [3.63, 3.8) is 0 Å². The second-order valence-electron chi connectivity index (χ2n) is 6.63. The highest BCUT2D eigenvalue weighted by atomic mass is 19.1. The molecule has 0 fully saturated rings. The van der Waals surface area contributed by atoms with Gasteiger partial charge in [-0.25, -0.2) is 14.9 Å². The third-order valence-electron chi connectivity index (χ3n) is 4.45. The normalized spacial score (nSPS) is 13.5. The molecule has 1 heterocycles. The van der Waals surface area contributed by atoms with E-state index in [9.17, 15) is 9.18 Å². The molecule has 3 rings (SSSR count). The molecule has 5 nitrogen and oxygen atoms in total. The van der Waals surface area contributed by atoms with Crippen LogP contribution in [0.3, 0.4) is 0 Å². The Morgan fingerprint density at radius 2 is 1.96 bits per heavy atom. The van der Waals surface area contributed by atoms with E-state index in [1.165, 1.54) is 28.7 Å². The lowest BCUT2D eigenvalue weighted by Gasteiger charge is -2.31. The number of aliphatic imine (C=N–C) groups is 1. The van der Waals surface area contributed by atoms with Gasteiger partial charge in [0.2, 0.25) is 0 Å². The Balaban J connectivity index is 2.02. The van der Waals surface area contributed by atoms with Crippen LogP contribution in [0.5, 0.6) is 0 Å². The zero-order chi connectivity index (χ0) is 19.6. The van der Waals surface area contributed by atoms with Crippen LogP contribution in [0.1, 0.15) is 35.6 Å². The van der Waals surface area contributed by atoms with Gasteiger partial charge < -0.3 is 4.90 Å². The highest BCUT2D eigenvalue weighted by Crippen LogP contribution is 2.33. The van der Waals surface area contributed by atoms with Gasteiger partial charge in [0, 0.05) is 29.8 Å². The Labute approximate surface area is 157 Å². The number of amides is 1. The molecule has 0 saturated heterocycles. The molecular formula is C21H22FN3O2. The number of hydrogen-bond acceptors (Lipinski definition) is 4. The van der Waals surface area contributed by atoms with E-state index in [-0.39, 0.29) is 5.56 Å². The van der Waals surface area contributed by atoms with Crippen molar-refractivity contribution >= 4 is 29.2 Å². The van der Waals surface area contributed by atoms with E-state index in [4.69, 9.17) is 5.21 Å². The van der Waals surface area contributed by atoms with Crippen molar-refractivity contribution in [3.8, 4) is 0 Å². The number of nitrogens with one attached hydrogen (secondary N) is 1. The first kappa shape index (κ1) is 18.8. The minimum Gasteiger partial charge on any atom is -0.325 e. The molecule has 6 heteroatoms. The third kappa shape index (κ3) is 4.06. The fourth-order valence-electron chi connectivity index (χ4n) is 3.27. The summed E-state index contributed by atoms with van der Waals surface area (Å²) in [7, 11) is 0. The zero-order valence-electron chi connectivity index (χ0n) is 15.6. The Hall–Kier alpha value is -2.99. The highest BCUT2D eigenvalue weighted by Gasteiger charge is 2.22. The first-order valence-corrected chi connectivity index (χ1v) is 8.79. The summed E-state index contributed by atoms with van der Waals surface area (Å²) in [6.07, 6.45) is 3.14. The summed E-state index contributed by atoms with van der Waals surface area (Å²) in [5, 5.41) is 8.57. The molecule has 0 saturated carbocycles. The van der Waals surface area contributed by atoms with Gasteiger partial charge in [-0.1, -0.05) is 13.0 Å². The molecule has 0 spiro atoms. The fourth-order valence-corrected chi connectivity index (χ4v) is 3.27. The van der Waals surface area contributed by atoms with E-state index in [2.05, 4.69) is 41.9 Å². The van der Waals surface area contributed by atoms with Crippen LogP contribution >= 0.6 is 0 Å². The summed E-state index contributed by atoms with van der Waals surface area (Å²) in [5.41, 5.74) is 6.64. The van der Waals surface area contributed by atoms with Crippen molar-refractivity contribution in [2.24, 2.45) is 4.99 Å². The maximum absolute atomic E-state index is 14.4. The van der Waals surface area contributed by atoms with Gasteiger partial charge in [0.05, 0.1) is 12.2 Å². The van der Waals surface area contributed by atoms with Crippen LogP contribution in [-0.2, 0) is 11.3 Å². The molecule has 1 amide bonds. The molecule has 2 aromatic rings. The Morgan fingerprint density at radius 3 is 2.59 bits per heavy atom. The molecular weight excluding hydrogens is 345 g/mol. The minimum atomic E-state index is -0.713. The van der Waals surface area contributed by atoms with Gasteiger partial charge in [0.1, 0.15) is 11.7 Å². The van der Waals surface area contributed by atoms with Crippen molar-refractivity contribution in [1.82, 2.24) is 5.48 Å². The van der Waals surface area contributed by atoms with E-state index in [1.54, 1.807) is 6.07 Å². The van der Waals surface area contributed by atoms with Crippen LogP contribution in [0.15, 0.2) is 41.4 Å². The number of fused-ring (bicyclic) bond motifs is 1. The van der Waals surface area contributed by atoms with E-state index in [1.807, 2.05) is 6.92 Å². The lowest BCUT2D eigenvalue weighted by molar-refractivity contribution is -0.124. The van der Waals surface area contributed by atoms with Crippen molar-refractivity contribution in [2.75, 3.05) is 4.90 Å². The lowest BCUT2D eigenvalue weighted by atomic mass is 10.0. The molecule has 0 atom stereocenters. The molecule has 0 radical (unpaired) electrons. The summed E-state index contributed by atoms with van der Waals surface area (Å²) >= 11 is 0. The summed E-state index contributed by atoms with van der Waals surface area (Å²) in [5.74, 6) is -0.292. The highest BCUT2D eigenvalue weighted by molar-refractivity contribution is 6.01. The number of hydroxylamine groups is 1. The number of nitrogens with zero attached hydrogens (tertiary/aromatic N) is 2. The number of halogens is 1. The number of amidine groups is 1. The van der Waals surface area contributed by atoms with Crippen LogP contribution in [-0.4, -0.2) is 17.0 Å². The molecule has 2 N–H and O–H groups in total. The van der Waals surface area contributed by atoms with Gasteiger partial charge in [0.25, 0.3) is 5.91 Å². The second-order valence-corrected chi connectivity index (χ2v) is 6.63. The Kier molecular flexibility index (Phi) is 5.37. The molecule has 0 unspecified atom stereocenters. The first-order chi connectivity index (χ1) is 12.9. The summed E-state index contributed by atoms with van der Waals surface area (Å²) in [6.45, 7) is 6.71. The number of hydrogen-bond donors (Lipinski definition) is 2. The van der Waals surface area contributed by atoms with Gasteiger partial charge in [-0.05, 0) is 54.8 Å². The maximum Gasteiger partial charge on any atom is 0.267 e. The topological polar surface area (TPSA) is 64.9 Å². The van der Waals surface area contributed by atoms with Gasteiger partial charge >= 0.3 is 0 Å². The van der Waals surface area contributed by atoms with Crippen molar-refractivity contribution < 1.29 is 14.4 Å². The smallest absolute Gasteiger partial charge is 0.267 e. The van der Waals surface area contributed by atoms with E-state index >= 15 is 0 Å². The number of carbonyl (C=O) groups excluding carboxylic acids is 1. The summed E-state index contributed by atoms with van der Waals surface area (Å²) in [4.78, 5) is 18.0.